The van der Waals surface area contributed by atoms with Crippen molar-refractivity contribution in [1.82, 2.24) is 9.99 Å². The molecule has 6 heteroatoms. The van der Waals surface area contributed by atoms with E-state index in [-0.39, 0.29) is 5.43 Å². The van der Waals surface area contributed by atoms with Crippen LogP contribution in [-0.2, 0) is 0 Å². The molecule has 0 unspecified atom stereocenters. The summed E-state index contributed by atoms with van der Waals surface area (Å²) < 4.78 is 0. The highest BCUT2D eigenvalue weighted by molar-refractivity contribution is 5.80. The first kappa shape index (κ1) is 13.0. The van der Waals surface area contributed by atoms with Crippen molar-refractivity contribution in [3.05, 3.63) is 34.2 Å². The van der Waals surface area contributed by atoms with Crippen molar-refractivity contribution in [2.24, 2.45) is 5.10 Å². The third kappa shape index (κ3) is 3.44. The average Bonchev–Trinajstić information content (AvgIpc) is 2.18. The second kappa shape index (κ2) is 4.82. The van der Waals surface area contributed by atoms with Crippen molar-refractivity contribution in [1.29, 1.82) is 0 Å². The van der Waals surface area contributed by atoms with E-state index in [2.05, 4.69) is 10.1 Å². The summed E-state index contributed by atoms with van der Waals surface area (Å²) in [4.78, 5) is 25.1. The largest absolute Gasteiger partial charge is 0.464 e. The van der Waals surface area contributed by atoms with Crippen LogP contribution >= 0.6 is 0 Å². The monoisotopic (exact) mass is 237 g/mol. The summed E-state index contributed by atoms with van der Waals surface area (Å²) in [5.74, 6) is 0. The number of pyridine rings is 1. The Morgan fingerprint density at radius 1 is 1.53 bits per heavy atom. The summed E-state index contributed by atoms with van der Waals surface area (Å²) in [5, 5.41) is 13.7. The first-order valence-electron chi connectivity index (χ1n) is 5.06. The Morgan fingerprint density at radius 2 is 2.18 bits per heavy atom. The first-order valence-corrected chi connectivity index (χ1v) is 5.06. The second-order valence-electron chi connectivity index (χ2n) is 4.47. The van der Waals surface area contributed by atoms with Gasteiger partial charge < -0.3 is 10.1 Å². The molecule has 0 aliphatic heterocycles. The summed E-state index contributed by atoms with van der Waals surface area (Å²) in [5.41, 5.74) is -0.570. The van der Waals surface area contributed by atoms with Crippen LogP contribution in [-0.4, -0.2) is 32.9 Å². The number of carboxylic acid groups (broad SMARTS) is 1. The lowest BCUT2D eigenvalue weighted by molar-refractivity contribution is 0.103. The molecule has 0 spiro atoms. The number of carbonyl (C=O) groups is 1. The summed E-state index contributed by atoms with van der Waals surface area (Å²) >= 11 is 0. The van der Waals surface area contributed by atoms with E-state index in [9.17, 15) is 9.59 Å². The standard InChI is InChI=1S/C11H15N3O3/c1-11(2,3)14(10(16)17)13-7-8-6-12-5-4-9(8)15/h4-7H,1-3H3,(H,12,15)(H,16,17)/b13-7-. The van der Waals surface area contributed by atoms with Crippen LogP contribution in [0.5, 0.6) is 0 Å². The third-order valence-electron chi connectivity index (χ3n) is 1.98. The lowest BCUT2D eigenvalue weighted by Crippen LogP contribution is -2.41. The minimum absolute atomic E-state index is 0.216. The Balaban J connectivity index is 3.00. The maximum atomic E-state index is 11.4. The minimum Gasteiger partial charge on any atom is -0.464 e. The molecule has 0 atom stereocenters. The van der Waals surface area contributed by atoms with Gasteiger partial charge in [-0.1, -0.05) is 0 Å². The molecule has 1 aromatic rings. The lowest BCUT2D eigenvalue weighted by atomic mass is 10.1. The van der Waals surface area contributed by atoms with Gasteiger partial charge in [-0.25, -0.2) is 4.79 Å². The van der Waals surface area contributed by atoms with Crippen LogP contribution in [0.3, 0.4) is 0 Å². The molecule has 0 aliphatic carbocycles. The van der Waals surface area contributed by atoms with E-state index < -0.39 is 11.6 Å². The molecule has 1 amide bonds. The highest BCUT2D eigenvalue weighted by Gasteiger charge is 2.25. The molecule has 1 aromatic heterocycles. The summed E-state index contributed by atoms with van der Waals surface area (Å²) in [6, 6.07) is 1.35. The number of aromatic amines is 1. The van der Waals surface area contributed by atoms with Crippen LogP contribution in [0.25, 0.3) is 0 Å². The van der Waals surface area contributed by atoms with Gasteiger partial charge in [-0.3, -0.25) is 4.79 Å². The lowest BCUT2D eigenvalue weighted by Gasteiger charge is -2.27. The predicted molar refractivity (Wildman–Crippen MR) is 64.3 cm³/mol. The molecule has 6 nitrogen and oxygen atoms in total. The predicted octanol–water partition coefficient (Wildman–Crippen LogP) is 1.49. The van der Waals surface area contributed by atoms with Gasteiger partial charge in [-0.15, -0.1) is 0 Å². The number of hydrogen-bond acceptors (Lipinski definition) is 3. The van der Waals surface area contributed by atoms with E-state index in [0.29, 0.717) is 5.56 Å². The number of hydrazone groups is 1. The van der Waals surface area contributed by atoms with E-state index in [1.165, 1.54) is 24.7 Å². The highest BCUT2D eigenvalue weighted by Crippen LogP contribution is 2.13. The fourth-order valence-corrected chi connectivity index (χ4v) is 1.16. The Kier molecular flexibility index (Phi) is 3.67. The maximum absolute atomic E-state index is 11.4. The molecule has 0 bridgehead atoms. The molecule has 2 N–H and O–H groups in total. The normalized spacial score (nSPS) is 11.7. The summed E-state index contributed by atoms with van der Waals surface area (Å²) in [6.45, 7) is 5.15. The van der Waals surface area contributed by atoms with E-state index in [1.807, 2.05) is 0 Å². The van der Waals surface area contributed by atoms with Gasteiger partial charge in [-0.2, -0.15) is 10.1 Å². The molecule has 0 saturated heterocycles. The minimum atomic E-state index is -1.17. The van der Waals surface area contributed by atoms with Crippen LogP contribution in [0.15, 0.2) is 28.4 Å². The van der Waals surface area contributed by atoms with E-state index in [1.54, 1.807) is 20.8 Å². The van der Waals surface area contributed by atoms with Gasteiger partial charge in [0.25, 0.3) is 0 Å². The number of rotatable bonds is 2. The maximum Gasteiger partial charge on any atom is 0.428 e. The average molecular weight is 237 g/mol. The number of hydrogen-bond donors (Lipinski definition) is 2. The zero-order chi connectivity index (χ0) is 13.1. The van der Waals surface area contributed by atoms with E-state index >= 15 is 0 Å². The number of nitrogens with one attached hydrogen (secondary N) is 1. The molecule has 0 saturated carbocycles. The smallest absolute Gasteiger partial charge is 0.428 e. The second-order valence-corrected chi connectivity index (χ2v) is 4.47. The van der Waals surface area contributed by atoms with Crippen molar-refractivity contribution >= 4 is 12.3 Å². The van der Waals surface area contributed by atoms with E-state index in [0.717, 1.165) is 5.01 Å². The number of aromatic nitrogens is 1. The first-order chi connectivity index (χ1) is 7.82. The molecule has 92 valence electrons. The van der Waals surface area contributed by atoms with Crippen LogP contribution in [0.4, 0.5) is 4.79 Å². The molecule has 0 fully saturated rings. The van der Waals surface area contributed by atoms with Crippen LogP contribution in [0, 0.1) is 0 Å². The SMILES string of the molecule is CC(C)(C)N(/N=C\c1c[nH]ccc1=O)C(=O)O. The van der Waals surface area contributed by atoms with Gasteiger partial charge >= 0.3 is 6.09 Å². The molecule has 0 aromatic carbocycles. The molecular formula is C11H15N3O3. The molecule has 0 aliphatic rings. The molecular weight excluding hydrogens is 222 g/mol. The Hall–Kier alpha value is -2.11. The zero-order valence-corrected chi connectivity index (χ0v) is 9.97. The van der Waals surface area contributed by atoms with Crippen molar-refractivity contribution in [2.45, 2.75) is 26.3 Å². The van der Waals surface area contributed by atoms with Gasteiger partial charge in [0.15, 0.2) is 5.43 Å². The highest BCUT2D eigenvalue weighted by atomic mass is 16.4. The molecule has 1 rings (SSSR count). The van der Waals surface area contributed by atoms with Crippen molar-refractivity contribution in [3.8, 4) is 0 Å². The molecule has 1 heterocycles. The fraction of sp³-hybridized carbons (Fsp3) is 0.364. The number of nitrogens with zero attached hydrogens (tertiary/aromatic N) is 2. The van der Waals surface area contributed by atoms with Gasteiger partial charge in [0, 0.05) is 18.5 Å². The number of amides is 1. The van der Waals surface area contributed by atoms with Gasteiger partial charge in [0.05, 0.1) is 17.3 Å². The molecule has 0 radical (unpaired) electrons. The quantitative estimate of drug-likeness (QED) is 0.603. The van der Waals surface area contributed by atoms with Crippen molar-refractivity contribution in [2.75, 3.05) is 0 Å². The van der Waals surface area contributed by atoms with Crippen LogP contribution in [0.2, 0.25) is 0 Å². The van der Waals surface area contributed by atoms with E-state index in [4.69, 9.17) is 5.11 Å². The van der Waals surface area contributed by atoms with Crippen molar-refractivity contribution in [3.63, 3.8) is 0 Å². The fourth-order valence-electron chi connectivity index (χ4n) is 1.16. The third-order valence-corrected chi connectivity index (χ3v) is 1.98. The van der Waals surface area contributed by atoms with Crippen LogP contribution in [0.1, 0.15) is 26.3 Å². The summed E-state index contributed by atoms with van der Waals surface area (Å²) in [6.07, 6.45) is 3.03. The Labute approximate surface area is 98.6 Å². The van der Waals surface area contributed by atoms with Crippen LogP contribution < -0.4 is 5.43 Å². The Bertz CT molecular complexity index is 485. The van der Waals surface area contributed by atoms with Crippen molar-refractivity contribution < 1.29 is 9.90 Å². The van der Waals surface area contributed by atoms with Gasteiger partial charge in [0.1, 0.15) is 0 Å². The molecule has 17 heavy (non-hydrogen) atoms. The Morgan fingerprint density at radius 3 is 2.65 bits per heavy atom. The number of H-pyrrole nitrogens is 1. The van der Waals surface area contributed by atoms with Gasteiger partial charge in [0.2, 0.25) is 0 Å². The topological polar surface area (TPSA) is 85.8 Å². The van der Waals surface area contributed by atoms with Gasteiger partial charge in [-0.05, 0) is 20.8 Å². The zero-order valence-electron chi connectivity index (χ0n) is 9.97. The summed E-state index contributed by atoms with van der Waals surface area (Å²) in [7, 11) is 0.